The van der Waals surface area contributed by atoms with Crippen molar-refractivity contribution in [2.45, 2.75) is 40.3 Å². The molecule has 8 heteroatoms. The number of amides is 1. The van der Waals surface area contributed by atoms with Gasteiger partial charge in [0.1, 0.15) is 16.1 Å². The molecule has 0 bridgehead atoms. The highest BCUT2D eigenvalue weighted by atomic mass is 32.1. The van der Waals surface area contributed by atoms with Crippen LogP contribution in [-0.2, 0) is 24.3 Å². The maximum Gasteiger partial charge on any atom is 0.332 e. The summed E-state index contributed by atoms with van der Waals surface area (Å²) in [6, 6.07) is 17.3. The summed E-state index contributed by atoms with van der Waals surface area (Å²) in [6.45, 7) is 5.91. The Morgan fingerprint density at radius 1 is 0.972 bits per heavy atom. The van der Waals surface area contributed by atoms with Gasteiger partial charge in [-0.2, -0.15) is 0 Å². The fourth-order valence-corrected chi connectivity index (χ4v) is 5.81. The molecule has 36 heavy (non-hydrogen) atoms. The number of nitrogens with zero attached hydrogens (tertiary/aromatic N) is 3. The Bertz CT molecular complexity index is 1710. The monoisotopic (exact) mass is 498 g/mol. The van der Waals surface area contributed by atoms with Crippen LogP contribution in [0.5, 0.6) is 0 Å². The molecule has 0 aliphatic carbocycles. The van der Waals surface area contributed by atoms with E-state index in [1.165, 1.54) is 20.5 Å². The van der Waals surface area contributed by atoms with E-state index in [1.54, 1.807) is 12.3 Å². The summed E-state index contributed by atoms with van der Waals surface area (Å²) in [5.41, 5.74) is 4.40. The topological polar surface area (TPSA) is 86.0 Å². The molecular weight excluding hydrogens is 472 g/mol. The molecule has 5 rings (SSSR count). The predicted octanol–water partition coefficient (Wildman–Crippen LogP) is 4.58. The molecule has 0 saturated carbocycles. The van der Waals surface area contributed by atoms with Gasteiger partial charge >= 0.3 is 5.69 Å². The highest BCUT2D eigenvalue weighted by Gasteiger charge is 2.21. The molecule has 0 radical (unpaired) electrons. The summed E-state index contributed by atoms with van der Waals surface area (Å²) >= 11 is 1.25. The first-order chi connectivity index (χ1) is 17.3. The molecule has 5 aromatic rings. The molecule has 0 aliphatic rings. The number of hydrogen-bond acceptors (Lipinski definition) is 5. The molecule has 0 fully saturated rings. The van der Waals surface area contributed by atoms with Crippen LogP contribution in [0, 0.1) is 20.8 Å². The molecular formula is C28H26N4O3S. The van der Waals surface area contributed by atoms with E-state index >= 15 is 0 Å². The van der Waals surface area contributed by atoms with Crippen LogP contribution >= 0.6 is 11.3 Å². The van der Waals surface area contributed by atoms with Gasteiger partial charge in [-0.05, 0) is 56.0 Å². The Balaban J connectivity index is 1.60. The summed E-state index contributed by atoms with van der Waals surface area (Å²) in [6.07, 6.45) is 2.18. The maximum atomic E-state index is 13.7. The average Bonchev–Trinajstić information content (AvgIpc) is 3.24. The Hall–Kier alpha value is -4.04. The summed E-state index contributed by atoms with van der Waals surface area (Å²) in [7, 11) is 0. The molecule has 0 aliphatic heterocycles. The van der Waals surface area contributed by atoms with Gasteiger partial charge in [-0.3, -0.25) is 18.7 Å². The van der Waals surface area contributed by atoms with Crippen molar-refractivity contribution < 1.29 is 4.79 Å². The van der Waals surface area contributed by atoms with Crippen molar-refractivity contribution >= 4 is 43.4 Å². The Labute approximate surface area is 211 Å². The Kier molecular flexibility index (Phi) is 6.28. The second kappa shape index (κ2) is 9.54. The van der Waals surface area contributed by atoms with Gasteiger partial charge in [0.25, 0.3) is 5.56 Å². The Morgan fingerprint density at radius 2 is 1.69 bits per heavy atom. The van der Waals surface area contributed by atoms with E-state index in [-0.39, 0.29) is 24.6 Å². The van der Waals surface area contributed by atoms with Crippen molar-refractivity contribution in [2.75, 3.05) is 5.32 Å². The zero-order valence-corrected chi connectivity index (χ0v) is 21.2. The Morgan fingerprint density at radius 3 is 2.42 bits per heavy atom. The normalized spacial score (nSPS) is 11.3. The SMILES string of the molecule is Cc1cc(C)c(NC(=O)Cn2c(=O)n(CCc3ccccc3)c(=O)c3sc4ncccc4c32)c(C)c1. The quantitative estimate of drug-likeness (QED) is 0.371. The van der Waals surface area contributed by atoms with Crippen molar-refractivity contribution in [3.63, 3.8) is 0 Å². The minimum Gasteiger partial charge on any atom is -0.324 e. The smallest absolute Gasteiger partial charge is 0.324 e. The molecule has 0 saturated heterocycles. The van der Waals surface area contributed by atoms with Crippen LogP contribution in [0.1, 0.15) is 22.3 Å². The third-order valence-corrected chi connectivity index (χ3v) is 7.41. The van der Waals surface area contributed by atoms with Crippen molar-refractivity contribution in [3.8, 4) is 0 Å². The minimum atomic E-state index is -0.500. The first-order valence-electron chi connectivity index (χ1n) is 11.8. The van der Waals surface area contributed by atoms with Gasteiger partial charge in [0.05, 0.1) is 5.52 Å². The zero-order chi connectivity index (χ0) is 25.4. The minimum absolute atomic E-state index is 0.214. The van der Waals surface area contributed by atoms with Crippen LogP contribution in [0.3, 0.4) is 0 Å². The van der Waals surface area contributed by atoms with Crippen molar-refractivity contribution in [1.82, 2.24) is 14.1 Å². The van der Waals surface area contributed by atoms with E-state index in [4.69, 9.17) is 0 Å². The van der Waals surface area contributed by atoms with E-state index in [1.807, 2.05) is 69.3 Å². The van der Waals surface area contributed by atoms with E-state index in [0.29, 0.717) is 26.9 Å². The van der Waals surface area contributed by atoms with E-state index < -0.39 is 5.69 Å². The number of rotatable bonds is 6. The molecule has 1 amide bonds. The van der Waals surface area contributed by atoms with Crippen molar-refractivity contribution in [3.05, 3.63) is 104 Å². The third kappa shape index (κ3) is 4.35. The van der Waals surface area contributed by atoms with Gasteiger partial charge in [0.2, 0.25) is 5.91 Å². The standard InChI is InChI=1S/C28H26N4O3S/c1-17-14-18(2)23(19(3)15-17)30-22(33)16-32-24-21-10-7-12-29-26(21)36-25(24)27(34)31(28(32)35)13-11-20-8-5-4-6-9-20/h4-10,12,14-15H,11,13,16H2,1-3H3,(H,30,33). The number of aromatic nitrogens is 3. The zero-order valence-electron chi connectivity index (χ0n) is 20.4. The summed E-state index contributed by atoms with van der Waals surface area (Å²) in [5, 5.41) is 3.67. The first kappa shape index (κ1) is 23.7. The van der Waals surface area contributed by atoms with Crippen LogP contribution < -0.4 is 16.6 Å². The number of hydrogen-bond donors (Lipinski definition) is 1. The molecule has 2 aromatic carbocycles. The molecule has 7 nitrogen and oxygen atoms in total. The fraction of sp³-hybridized carbons (Fsp3) is 0.214. The summed E-state index contributed by atoms with van der Waals surface area (Å²) < 4.78 is 3.07. The number of anilines is 1. The average molecular weight is 499 g/mol. The first-order valence-corrected chi connectivity index (χ1v) is 12.6. The number of nitrogens with one attached hydrogen (secondary N) is 1. The third-order valence-electron chi connectivity index (χ3n) is 6.32. The predicted molar refractivity (Wildman–Crippen MR) is 145 cm³/mol. The summed E-state index contributed by atoms with van der Waals surface area (Å²) in [5.74, 6) is -0.329. The number of thiophene rings is 1. The van der Waals surface area contributed by atoms with Gasteiger partial charge in [-0.15, -0.1) is 11.3 Å². The summed E-state index contributed by atoms with van der Waals surface area (Å²) in [4.78, 5) is 45.4. The highest BCUT2D eigenvalue weighted by Crippen LogP contribution is 2.29. The van der Waals surface area contributed by atoms with Crippen molar-refractivity contribution in [2.24, 2.45) is 0 Å². The number of aryl methyl sites for hydroxylation is 4. The molecule has 1 N–H and O–H groups in total. The van der Waals surface area contributed by atoms with Gasteiger partial charge in [0, 0.05) is 23.8 Å². The van der Waals surface area contributed by atoms with Gasteiger partial charge < -0.3 is 5.32 Å². The maximum absolute atomic E-state index is 13.7. The number of benzene rings is 2. The number of carbonyl (C=O) groups is 1. The largest absolute Gasteiger partial charge is 0.332 e. The molecule has 3 aromatic heterocycles. The lowest BCUT2D eigenvalue weighted by Crippen LogP contribution is -2.41. The number of pyridine rings is 1. The molecule has 182 valence electrons. The molecule has 0 spiro atoms. The molecule has 0 atom stereocenters. The lowest BCUT2D eigenvalue weighted by Gasteiger charge is -2.15. The van der Waals surface area contributed by atoms with E-state index in [9.17, 15) is 14.4 Å². The molecule has 0 unspecified atom stereocenters. The lowest BCUT2D eigenvalue weighted by molar-refractivity contribution is -0.116. The van der Waals surface area contributed by atoms with Crippen LogP contribution in [-0.4, -0.2) is 20.0 Å². The van der Waals surface area contributed by atoms with E-state index in [2.05, 4.69) is 10.3 Å². The van der Waals surface area contributed by atoms with Crippen LogP contribution in [0.2, 0.25) is 0 Å². The number of carbonyl (C=O) groups excluding carboxylic acids is 1. The second-order valence-corrected chi connectivity index (χ2v) is 10.0. The van der Waals surface area contributed by atoms with Gasteiger partial charge in [-0.25, -0.2) is 9.78 Å². The van der Waals surface area contributed by atoms with Crippen molar-refractivity contribution in [1.29, 1.82) is 0 Å². The van der Waals surface area contributed by atoms with Crippen LogP contribution in [0.4, 0.5) is 5.69 Å². The second-order valence-electron chi connectivity index (χ2n) is 9.02. The van der Waals surface area contributed by atoms with Crippen LogP contribution in [0.15, 0.2) is 70.4 Å². The lowest BCUT2D eigenvalue weighted by atomic mass is 10.1. The highest BCUT2D eigenvalue weighted by molar-refractivity contribution is 7.25. The number of fused-ring (bicyclic) bond motifs is 3. The molecule has 3 heterocycles. The van der Waals surface area contributed by atoms with Gasteiger partial charge in [-0.1, -0.05) is 48.0 Å². The van der Waals surface area contributed by atoms with E-state index in [0.717, 1.165) is 27.9 Å². The van der Waals surface area contributed by atoms with Gasteiger partial charge in [0.15, 0.2) is 0 Å². The fourth-order valence-electron chi connectivity index (χ4n) is 4.71. The van der Waals surface area contributed by atoms with Crippen LogP contribution in [0.25, 0.3) is 20.4 Å².